The Morgan fingerprint density at radius 2 is 2.38 bits per heavy atom. The maximum absolute atomic E-state index is 4.28. The van der Waals surface area contributed by atoms with Crippen molar-refractivity contribution in [2.45, 2.75) is 33.0 Å². The zero-order valence-electron chi connectivity index (χ0n) is 9.39. The molecule has 0 saturated heterocycles. The van der Waals surface area contributed by atoms with Gasteiger partial charge in [0.05, 0.1) is 17.4 Å². The Bertz CT molecular complexity index is 407. The Morgan fingerprint density at radius 1 is 1.44 bits per heavy atom. The number of nitrogens with zero attached hydrogens (tertiary/aromatic N) is 3. The molecular weight excluding hydrogens is 220 g/mol. The SMILES string of the molecule is CCCn1cc(CNCc2cscn2)cn1. The molecule has 1 N–H and O–H groups in total. The topological polar surface area (TPSA) is 42.7 Å². The van der Waals surface area contributed by atoms with Crippen LogP contribution in [0.5, 0.6) is 0 Å². The molecule has 0 aliphatic heterocycles. The summed E-state index contributed by atoms with van der Waals surface area (Å²) in [6.07, 6.45) is 5.13. The normalized spacial score (nSPS) is 10.8. The highest BCUT2D eigenvalue weighted by Crippen LogP contribution is 2.02. The first kappa shape index (κ1) is 11.3. The summed E-state index contributed by atoms with van der Waals surface area (Å²) in [5.41, 5.74) is 4.19. The van der Waals surface area contributed by atoms with Gasteiger partial charge in [-0.2, -0.15) is 5.10 Å². The molecule has 0 aliphatic rings. The maximum atomic E-state index is 4.28. The van der Waals surface area contributed by atoms with Gasteiger partial charge in [-0.1, -0.05) is 6.92 Å². The van der Waals surface area contributed by atoms with Crippen molar-refractivity contribution in [1.29, 1.82) is 0 Å². The van der Waals surface area contributed by atoms with Crippen molar-refractivity contribution in [3.8, 4) is 0 Å². The van der Waals surface area contributed by atoms with E-state index in [1.165, 1.54) is 5.56 Å². The molecular formula is C11H16N4S. The fourth-order valence-electron chi connectivity index (χ4n) is 1.51. The van der Waals surface area contributed by atoms with E-state index in [-0.39, 0.29) is 0 Å². The monoisotopic (exact) mass is 236 g/mol. The molecule has 5 heteroatoms. The minimum atomic E-state index is 0.822. The summed E-state index contributed by atoms with van der Waals surface area (Å²) in [6, 6.07) is 0. The lowest BCUT2D eigenvalue weighted by molar-refractivity contribution is 0.601. The Labute approximate surface area is 99.3 Å². The lowest BCUT2D eigenvalue weighted by Gasteiger charge is -1.99. The molecule has 2 aromatic heterocycles. The molecule has 86 valence electrons. The van der Waals surface area contributed by atoms with E-state index < -0.39 is 0 Å². The van der Waals surface area contributed by atoms with Crippen molar-refractivity contribution in [3.63, 3.8) is 0 Å². The molecule has 0 amide bonds. The van der Waals surface area contributed by atoms with Crippen LogP contribution >= 0.6 is 11.3 Å². The van der Waals surface area contributed by atoms with Crippen LogP contribution in [0.25, 0.3) is 0 Å². The second-order valence-electron chi connectivity index (χ2n) is 3.69. The number of aromatic nitrogens is 3. The van der Waals surface area contributed by atoms with Crippen LogP contribution in [0.2, 0.25) is 0 Å². The van der Waals surface area contributed by atoms with Crippen molar-refractivity contribution in [2.75, 3.05) is 0 Å². The first-order valence-electron chi connectivity index (χ1n) is 5.47. The van der Waals surface area contributed by atoms with E-state index in [9.17, 15) is 0 Å². The molecule has 0 spiro atoms. The van der Waals surface area contributed by atoms with Crippen LogP contribution in [0, 0.1) is 0 Å². The van der Waals surface area contributed by atoms with Gasteiger partial charge in [0.2, 0.25) is 0 Å². The molecule has 0 fully saturated rings. The molecule has 0 saturated carbocycles. The number of hydrogen-bond donors (Lipinski definition) is 1. The molecule has 0 atom stereocenters. The van der Waals surface area contributed by atoms with Crippen LogP contribution in [0.3, 0.4) is 0 Å². The molecule has 4 nitrogen and oxygen atoms in total. The Morgan fingerprint density at radius 3 is 3.12 bits per heavy atom. The van der Waals surface area contributed by atoms with Crippen LogP contribution < -0.4 is 5.32 Å². The first-order chi connectivity index (χ1) is 7.88. The van der Waals surface area contributed by atoms with E-state index in [1.807, 2.05) is 16.4 Å². The third-order valence-electron chi connectivity index (χ3n) is 2.26. The van der Waals surface area contributed by atoms with Crippen LogP contribution in [-0.4, -0.2) is 14.8 Å². The molecule has 2 rings (SSSR count). The van der Waals surface area contributed by atoms with Gasteiger partial charge in [0.1, 0.15) is 0 Å². The van der Waals surface area contributed by atoms with Crippen molar-refractivity contribution >= 4 is 11.3 Å². The second kappa shape index (κ2) is 5.77. The number of aryl methyl sites for hydroxylation is 1. The Balaban J connectivity index is 1.76. The van der Waals surface area contributed by atoms with E-state index in [1.54, 1.807) is 11.3 Å². The van der Waals surface area contributed by atoms with Crippen molar-refractivity contribution in [3.05, 3.63) is 34.5 Å². The Kier molecular flexibility index (Phi) is 4.07. The summed E-state index contributed by atoms with van der Waals surface area (Å²) >= 11 is 1.63. The summed E-state index contributed by atoms with van der Waals surface area (Å²) in [5.74, 6) is 0. The van der Waals surface area contributed by atoms with Gasteiger partial charge in [-0.3, -0.25) is 4.68 Å². The summed E-state index contributed by atoms with van der Waals surface area (Å²) < 4.78 is 1.99. The summed E-state index contributed by atoms with van der Waals surface area (Å²) in [6.45, 7) is 4.82. The molecule has 0 aliphatic carbocycles. The van der Waals surface area contributed by atoms with E-state index in [2.05, 4.69) is 33.9 Å². The van der Waals surface area contributed by atoms with Gasteiger partial charge >= 0.3 is 0 Å². The van der Waals surface area contributed by atoms with Crippen molar-refractivity contribution < 1.29 is 0 Å². The van der Waals surface area contributed by atoms with Gasteiger partial charge in [0.25, 0.3) is 0 Å². The van der Waals surface area contributed by atoms with E-state index in [0.717, 1.165) is 31.7 Å². The largest absolute Gasteiger partial charge is 0.307 e. The highest BCUT2D eigenvalue weighted by molar-refractivity contribution is 7.07. The van der Waals surface area contributed by atoms with Crippen molar-refractivity contribution in [2.24, 2.45) is 0 Å². The number of nitrogens with one attached hydrogen (secondary N) is 1. The fraction of sp³-hybridized carbons (Fsp3) is 0.455. The van der Waals surface area contributed by atoms with Gasteiger partial charge in [0.15, 0.2) is 0 Å². The zero-order chi connectivity index (χ0) is 11.2. The minimum absolute atomic E-state index is 0.822. The fourth-order valence-corrected chi connectivity index (χ4v) is 2.07. The smallest absolute Gasteiger partial charge is 0.0795 e. The quantitative estimate of drug-likeness (QED) is 0.834. The minimum Gasteiger partial charge on any atom is -0.307 e. The molecule has 2 heterocycles. The van der Waals surface area contributed by atoms with Crippen LogP contribution in [0.15, 0.2) is 23.3 Å². The summed E-state index contributed by atoms with van der Waals surface area (Å²) in [7, 11) is 0. The molecule has 0 aromatic carbocycles. The molecule has 0 unspecified atom stereocenters. The summed E-state index contributed by atoms with van der Waals surface area (Å²) in [4.78, 5) is 4.22. The van der Waals surface area contributed by atoms with E-state index in [4.69, 9.17) is 0 Å². The van der Waals surface area contributed by atoms with Crippen LogP contribution in [0.4, 0.5) is 0 Å². The van der Waals surface area contributed by atoms with E-state index in [0.29, 0.717) is 0 Å². The third-order valence-corrected chi connectivity index (χ3v) is 2.89. The average Bonchev–Trinajstić information content (AvgIpc) is 2.90. The van der Waals surface area contributed by atoms with E-state index >= 15 is 0 Å². The standard InChI is InChI=1S/C11H16N4S/c1-2-3-15-7-10(5-14-15)4-12-6-11-8-16-9-13-11/h5,7-9,12H,2-4,6H2,1H3. The second-order valence-corrected chi connectivity index (χ2v) is 4.41. The van der Waals surface area contributed by atoms with Crippen molar-refractivity contribution in [1.82, 2.24) is 20.1 Å². The number of hydrogen-bond acceptors (Lipinski definition) is 4. The lowest BCUT2D eigenvalue weighted by atomic mass is 10.3. The third kappa shape index (κ3) is 3.15. The van der Waals surface area contributed by atoms with Gasteiger partial charge in [-0.05, 0) is 6.42 Å². The van der Waals surface area contributed by atoms with Gasteiger partial charge in [-0.25, -0.2) is 4.98 Å². The first-order valence-corrected chi connectivity index (χ1v) is 6.42. The zero-order valence-corrected chi connectivity index (χ0v) is 10.2. The van der Waals surface area contributed by atoms with Gasteiger partial charge in [-0.15, -0.1) is 11.3 Å². The summed E-state index contributed by atoms with van der Waals surface area (Å²) in [5, 5.41) is 9.70. The van der Waals surface area contributed by atoms with Gasteiger partial charge < -0.3 is 5.32 Å². The number of rotatable bonds is 6. The highest BCUT2D eigenvalue weighted by atomic mass is 32.1. The van der Waals surface area contributed by atoms with Crippen LogP contribution in [0.1, 0.15) is 24.6 Å². The molecule has 2 aromatic rings. The van der Waals surface area contributed by atoms with Gasteiger partial charge in [0, 0.05) is 36.8 Å². The molecule has 0 radical (unpaired) electrons. The predicted octanol–water partition coefficient (Wildman–Crippen LogP) is 2.04. The maximum Gasteiger partial charge on any atom is 0.0795 e. The molecule has 0 bridgehead atoms. The Hall–Kier alpha value is -1.20. The highest BCUT2D eigenvalue weighted by Gasteiger charge is 1.98. The average molecular weight is 236 g/mol. The predicted molar refractivity (Wildman–Crippen MR) is 65.2 cm³/mol. The lowest BCUT2D eigenvalue weighted by Crippen LogP contribution is -2.12. The number of thiazole rings is 1. The van der Waals surface area contributed by atoms with Crippen LogP contribution in [-0.2, 0) is 19.6 Å². The molecule has 16 heavy (non-hydrogen) atoms.